The van der Waals surface area contributed by atoms with E-state index < -0.39 is 35.9 Å². The van der Waals surface area contributed by atoms with Gasteiger partial charge in [0.25, 0.3) is 0 Å². The molecule has 0 spiro atoms. The zero-order chi connectivity index (χ0) is 25.1. The summed E-state index contributed by atoms with van der Waals surface area (Å²) >= 11 is 0. The van der Waals surface area contributed by atoms with Crippen LogP contribution in [0, 0.1) is 0 Å². The van der Waals surface area contributed by atoms with Crippen molar-refractivity contribution in [3.05, 3.63) is 84.1 Å². The Bertz CT molecular complexity index is 881. The molecule has 33 heavy (non-hydrogen) atoms. The summed E-state index contributed by atoms with van der Waals surface area (Å²) in [6.45, 7) is -0.383. The van der Waals surface area contributed by atoms with Crippen LogP contribution in [0.15, 0.2) is 72.9 Å². The number of benzene rings is 2. The monoisotopic (exact) mass is 491 g/mol. The van der Waals surface area contributed by atoms with E-state index in [1.165, 1.54) is 24.3 Å². The van der Waals surface area contributed by atoms with E-state index in [9.17, 15) is 48.3 Å². The highest BCUT2D eigenvalue weighted by molar-refractivity contribution is 5.19. The van der Waals surface area contributed by atoms with Crippen molar-refractivity contribution >= 4 is 0 Å². The molecule has 0 unspecified atom stereocenters. The zero-order valence-corrected chi connectivity index (χ0v) is 16.4. The van der Waals surface area contributed by atoms with E-state index >= 15 is 0 Å². The first-order valence-corrected chi connectivity index (χ1v) is 9.12. The van der Waals surface area contributed by atoms with Crippen molar-refractivity contribution in [2.24, 2.45) is 0 Å². The summed E-state index contributed by atoms with van der Waals surface area (Å²) in [4.78, 5) is 0.981. The van der Waals surface area contributed by atoms with Gasteiger partial charge in [0.1, 0.15) is 0 Å². The van der Waals surface area contributed by atoms with Crippen LogP contribution in [-0.4, -0.2) is 34.8 Å². The summed E-state index contributed by atoms with van der Waals surface area (Å²) < 4.78 is 145. The number of halogens is 11. The Hall–Kier alpha value is -2.79. The molecule has 0 saturated carbocycles. The number of alkyl halides is 11. The number of hydrogen-bond acceptors (Lipinski definition) is 1. The fraction of sp³-hybridized carbons (Fsp3) is 0.333. The molecule has 0 radical (unpaired) electrons. The highest BCUT2D eigenvalue weighted by atomic mass is 19.4. The molecule has 0 N–H and O–H groups in total. The van der Waals surface area contributed by atoms with Gasteiger partial charge in [-0.15, -0.1) is 0 Å². The van der Waals surface area contributed by atoms with Gasteiger partial charge in [0.2, 0.25) is 0 Å². The summed E-state index contributed by atoms with van der Waals surface area (Å²) in [5.74, 6) is -28.0. The molecule has 0 aliphatic carbocycles. The Morgan fingerprint density at radius 1 is 0.545 bits per heavy atom. The second-order valence-electron chi connectivity index (χ2n) is 7.04. The maximum Gasteiger partial charge on any atom is 0.460 e. The Balaban J connectivity index is 2.38. The van der Waals surface area contributed by atoms with Crippen LogP contribution in [0.5, 0.6) is 0 Å². The molecule has 0 aliphatic heterocycles. The standard InChI is InChI=1S/C21H16F11N/c22-17(23,18(24,25)19(26,27)20(28,29)21(30,31)32)11-12-33(13-15-7-3-1-4-8-15)14-16-9-5-2-6-10-16/h1-12H,13-14H2/b12-11+. The van der Waals surface area contributed by atoms with Crippen molar-refractivity contribution in [3.8, 4) is 0 Å². The predicted octanol–water partition coefficient (Wildman–Crippen LogP) is 7.31. The van der Waals surface area contributed by atoms with Crippen LogP contribution in [0.25, 0.3) is 0 Å². The molecule has 0 fully saturated rings. The first-order valence-electron chi connectivity index (χ1n) is 9.12. The average molecular weight is 491 g/mol. The minimum absolute atomic E-state index is 0.191. The first kappa shape index (κ1) is 26.5. The summed E-state index contributed by atoms with van der Waals surface area (Å²) in [6.07, 6.45) is -7.73. The third-order valence-corrected chi connectivity index (χ3v) is 4.51. The Morgan fingerprint density at radius 3 is 1.30 bits per heavy atom. The van der Waals surface area contributed by atoms with Crippen LogP contribution in [0.2, 0.25) is 0 Å². The van der Waals surface area contributed by atoms with Gasteiger partial charge in [0.15, 0.2) is 0 Å². The van der Waals surface area contributed by atoms with E-state index in [2.05, 4.69) is 0 Å². The SMILES string of the molecule is FC(F)(F)C(F)(F)C(F)(F)C(F)(F)C(F)(F)/C=C/N(Cc1ccccc1)Cc1ccccc1. The molecule has 0 atom stereocenters. The van der Waals surface area contributed by atoms with Gasteiger partial charge in [-0.25, -0.2) is 0 Å². The zero-order valence-electron chi connectivity index (χ0n) is 16.4. The number of hydrogen-bond donors (Lipinski definition) is 0. The van der Waals surface area contributed by atoms with Crippen molar-refractivity contribution in [2.75, 3.05) is 0 Å². The lowest BCUT2D eigenvalue weighted by Gasteiger charge is -2.36. The van der Waals surface area contributed by atoms with Crippen LogP contribution in [-0.2, 0) is 13.1 Å². The summed E-state index contributed by atoms with van der Waals surface area (Å²) in [6, 6.07) is 15.7. The molecular weight excluding hydrogens is 475 g/mol. The van der Waals surface area contributed by atoms with Crippen molar-refractivity contribution in [1.29, 1.82) is 0 Å². The van der Waals surface area contributed by atoms with Gasteiger partial charge in [-0.05, 0) is 11.1 Å². The van der Waals surface area contributed by atoms with Crippen LogP contribution in [0.4, 0.5) is 48.3 Å². The topological polar surface area (TPSA) is 3.24 Å². The van der Waals surface area contributed by atoms with Crippen molar-refractivity contribution in [3.63, 3.8) is 0 Å². The van der Waals surface area contributed by atoms with Gasteiger partial charge >= 0.3 is 29.9 Å². The van der Waals surface area contributed by atoms with E-state index in [1.807, 2.05) is 0 Å². The van der Waals surface area contributed by atoms with Gasteiger partial charge < -0.3 is 4.90 Å². The largest absolute Gasteiger partial charge is 0.460 e. The Kier molecular flexibility index (Phi) is 7.39. The van der Waals surface area contributed by atoms with E-state index in [1.54, 1.807) is 36.4 Å². The number of nitrogens with zero attached hydrogens (tertiary/aromatic N) is 1. The summed E-state index contributed by atoms with van der Waals surface area (Å²) in [5, 5.41) is 0. The van der Waals surface area contributed by atoms with Crippen LogP contribution >= 0.6 is 0 Å². The molecule has 1 nitrogen and oxygen atoms in total. The lowest BCUT2D eigenvalue weighted by atomic mass is 9.98. The van der Waals surface area contributed by atoms with Gasteiger partial charge in [0.05, 0.1) is 0 Å². The fourth-order valence-electron chi connectivity index (χ4n) is 2.69. The quantitative estimate of drug-likeness (QED) is 0.333. The Morgan fingerprint density at radius 2 is 0.939 bits per heavy atom. The molecule has 0 heterocycles. The number of allylic oxidation sites excluding steroid dienone is 1. The smallest absolute Gasteiger partial charge is 0.369 e. The second-order valence-corrected chi connectivity index (χ2v) is 7.04. The molecular formula is C21H16F11N. The third-order valence-electron chi connectivity index (χ3n) is 4.51. The molecule has 12 heteroatoms. The average Bonchev–Trinajstić information content (AvgIpc) is 2.72. The molecule has 2 rings (SSSR count). The third kappa shape index (κ3) is 5.41. The molecule has 0 bridgehead atoms. The normalized spacial score (nSPS) is 14.0. The first-order chi connectivity index (χ1) is 15.0. The minimum atomic E-state index is -7.43. The maximum atomic E-state index is 14.0. The molecule has 2 aromatic carbocycles. The molecule has 0 saturated heterocycles. The van der Waals surface area contributed by atoms with Crippen LogP contribution < -0.4 is 0 Å². The van der Waals surface area contributed by atoms with Gasteiger partial charge in [-0.1, -0.05) is 60.7 Å². The Labute approximate surface area is 181 Å². The minimum Gasteiger partial charge on any atom is -0.369 e. The van der Waals surface area contributed by atoms with Crippen LogP contribution in [0.1, 0.15) is 11.1 Å². The van der Waals surface area contributed by atoms with Gasteiger partial charge in [-0.3, -0.25) is 0 Å². The fourth-order valence-corrected chi connectivity index (χ4v) is 2.69. The van der Waals surface area contributed by atoms with Gasteiger partial charge in [0, 0.05) is 25.4 Å². The predicted molar refractivity (Wildman–Crippen MR) is 97.1 cm³/mol. The number of rotatable bonds is 9. The van der Waals surface area contributed by atoms with Crippen molar-refractivity contribution < 1.29 is 48.3 Å². The molecule has 0 amide bonds. The summed E-state index contributed by atoms with van der Waals surface area (Å²) in [5.41, 5.74) is 0.976. The lowest BCUT2D eigenvalue weighted by molar-refractivity contribution is -0.417. The highest BCUT2D eigenvalue weighted by Gasteiger charge is 2.86. The lowest BCUT2D eigenvalue weighted by Crippen LogP contribution is -2.66. The van der Waals surface area contributed by atoms with Crippen LogP contribution in [0.3, 0.4) is 0 Å². The second kappa shape index (κ2) is 9.22. The van der Waals surface area contributed by atoms with Crippen molar-refractivity contribution in [2.45, 2.75) is 43.0 Å². The molecule has 2 aromatic rings. The van der Waals surface area contributed by atoms with E-state index in [4.69, 9.17) is 0 Å². The van der Waals surface area contributed by atoms with E-state index in [-0.39, 0.29) is 19.3 Å². The molecule has 0 aromatic heterocycles. The molecule has 182 valence electrons. The summed E-state index contributed by atoms with van der Waals surface area (Å²) in [7, 11) is 0. The maximum absolute atomic E-state index is 14.0. The van der Waals surface area contributed by atoms with E-state index in [0.717, 1.165) is 4.90 Å². The van der Waals surface area contributed by atoms with Gasteiger partial charge in [-0.2, -0.15) is 48.3 Å². The van der Waals surface area contributed by atoms with Crippen molar-refractivity contribution in [1.82, 2.24) is 4.90 Å². The highest BCUT2D eigenvalue weighted by Crippen LogP contribution is 2.57. The molecule has 0 aliphatic rings. The van der Waals surface area contributed by atoms with E-state index in [0.29, 0.717) is 11.1 Å².